The minimum Gasteiger partial charge on any atom is -0.300 e. The van der Waals surface area contributed by atoms with Gasteiger partial charge in [0.1, 0.15) is 5.78 Å². The Kier molecular flexibility index (Phi) is 2.68. The van der Waals surface area contributed by atoms with E-state index in [4.69, 9.17) is 0 Å². The first-order valence-electron chi connectivity index (χ1n) is 4.50. The van der Waals surface area contributed by atoms with Crippen LogP contribution in [0.4, 0.5) is 13.2 Å². The largest absolute Gasteiger partial charge is 0.394 e. The summed E-state index contributed by atoms with van der Waals surface area (Å²) in [6.07, 6.45) is -3.46. The molecular weight excluding hydrogens is 181 g/mol. The summed E-state index contributed by atoms with van der Waals surface area (Å²) < 4.78 is 37.5. The van der Waals surface area contributed by atoms with Crippen molar-refractivity contribution in [3.05, 3.63) is 0 Å². The average Bonchev–Trinajstić information content (AvgIpc) is 1.93. The SMILES string of the molecule is CCC(=O)CC1(C(F)(F)F)CCC1. The minimum absolute atomic E-state index is 0.127. The molecule has 0 atom stereocenters. The summed E-state index contributed by atoms with van der Waals surface area (Å²) in [6.45, 7) is 1.60. The number of halogens is 3. The van der Waals surface area contributed by atoms with Gasteiger partial charge >= 0.3 is 6.18 Å². The average molecular weight is 194 g/mol. The third kappa shape index (κ3) is 1.86. The molecule has 76 valence electrons. The third-order valence-electron chi connectivity index (χ3n) is 2.84. The summed E-state index contributed by atoms with van der Waals surface area (Å²) in [5, 5.41) is 0. The molecule has 1 saturated carbocycles. The molecule has 1 rings (SSSR count). The fraction of sp³-hybridized carbons (Fsp3) is 0.889. The van der Waals surface area contributed by atoms with Gasteiger partial charge in [-0.05, 0) is 12.8 Å². The fourth-order valence-electron chi connectivity index (χ4n) is 1.67. The van der Waals surface area contributed by atoms with Crippen LogP contribution in [0.25, 0.3) is 0 Å². The van der Waals surface area contributed by atoms with Crippen LogP contribution in [0.5, 0.6) is 0 Å². The second-order valence-electron chi connectivity index (χ2n) is 3.70. The van der Waals surface area contributed by atoms with E-state index < -0.39 is 11.6 Å². The Labute approximate surface area is 75.3 Å². The smallest absolute Gasteiger partial charge is 0.300 e. The summed E-state index contributed by atoms with van der Waals surface area (Å²) in [5.41, 5.74) is -1.67. The van der Waals surface area contributed by atoms with E-state index in [0.717, 1.165) is 0 Å². The standard InChI is InChI=1S/C9H13F3O/c1-2-7(13)6-8(4-3-5-8)9(10,11)12/h2-6H2,1H3. The Balaban J connectivity index is 2.66. The molecule has 0 N–H and O–H groups in total. The topological polar surface area (TPSA) is 17.1 Å². The Bertz CT molecular complexity index is 203. The maximum atomic E-state index is 12.5. The molecule has 1 aliphatic rings. The predicted octanol–water partition coefficient (Wildman–Crippen LogP) is 3.09. The Morgan fingerprint density at radius 3 is 2.15 bits per heavy atom. The van der Waals surface area contributed by atoms with Crippen LogP contribution in [0, 0.1) is 5.41 Å². The first-order chi connectivity index (χ1) is 5.91. The molecule has 0 heterocycles. The molecule has 1 aliphatic carbocycles. The number of alkyl halides is 3. The predicted molar refractivity (Wildman–Crippen MR) is 42.3 cm³/mol. The van der Waals surface area contributed by atoms with Crippen LogP contribution in [0.2, 0.25) is 0 Å². The molecule has 0 amide bonds. The first-order valence-corrected chi connectivity index (χ1v) is 4.50. The summed E-state index contributed by atoms with van der Waals surface area (Å²) in [6, 6.07) is 0. The van der Waals surface area contributed by atoms with E-state index in [1.165, 1.54) is 0 Å². The van der Waals surface area contributed by atoms with Crippen molar-refractivity contribution in [3.63, 3.8) is 0 Å². The van der Waals surface area contributed by atoms with Crippen molar-refractivity contribution < 1.29 is 18.0 Å². The fourth-order valence-corrected chi connectivity index (χ4v) is 1.67. The highest BCUT2D eigenvalue weighted by Gasteiger charge is 2.58. The number of rotatable bonds is 3. The van der Waals surface area contributed by atoms with Crippen LogP contribution in [0.15, 0.2) is 0 Å². The van der Waals surface area contributed by atoms with Gasteiger partial charge < -0.3 is 0 Å². The molecular formula is C9H13F3O. The van der Waals surface area contributed by atoms with E-state index in [0.29, 0.717) is 6.42 Å². The van der Waals surface area contributed by atoms with Gasteiger partial charge in [-0.15, -0.1) is 0 Å². The zero-order chi connectivity index (χ0) is 10.1. The number of hydrogen-bond donors (Lipinski definition) is 0. The molecule has 0 spiro atoms. The second kappa shape index (κ2) is 3.31. The molecule has 1 fully saturated rings. The lowest BCUT2D eigenvalue weighted by Gasteiger charge is -2.42. The van der Waals surface area contributed by atoms with Crippen molar-refractivity contribution in [2.75, 3.05) is 0 Å². The molecule has 0 aliphatic heterocycles. The molecule has 0 radical (unpaired) electrons. The van der Waals surface area contributed by atoms with Gasteiger partial charge in [0.25, 0.3) is 0 Å². The van der Waals surface area contributed by atoms with Crippen molar-refractivity contribution >= 4 is 5.78 Å². The van der Waals surface area contributed by atoms with Crippen LogP contribution in [-0.4, -0.2) is 12.0 Å². The maximum Gasteiger partial charge on any atom is 0.394 e. The number of carbonyl (C=O) groups is 1. The van der Waals surface area contributed by atoms with Crippen LogP contribution >= 0.6 is 0 Å². The monoisotopic (exact) mass is 194 g/mol. The lowest BCUT2D eigenvalue weighted by Crippen LogP contribution is -2.45. The third-order valence-corrected chi connectivity index (χ3v) is 2.84. The molecule has 1 nitrogen and oxygen atoms in total. The van der Waals surface area contributed by atoms with Crippen LogP contribution in [-0.2, 0) is 4.79 Å². The van der Waals surface area contributed by atoms with Crippen molar-refractivity contribution in [2.24, 2.45) is 5.41 Å². The number of carbonyl (C=O) groups excluding carboxylic acids is 1. The summed E-state index contributed by atoms with van der Waals surface area (Å²) >= 11 is 0. The van der Waals surface area contributed by atoms with Gasteiger partial charge in [0, 0.05) is 12.8 Å². The Hall–Kier alpha value is -0.540. The summed E-state index contributed by atoms with van der Waals surface area (Å²) in [5.74, 6) is -0.281. The van der Waals surface area contributed by atoms with E-state index in [2.05, 4.69) is 0 Å². The molecule has 13 heavy (non-hydrogen) atoms. The van der Waals surface area contributed by atoms with E-state index in [1.54, 1.807) is 6.92 Å². The summed E-state index contributed by atoms with van der Waals surface area (Å²) in [7, 11) is 0. The second-order valence-corrected chi connectivity index (χ2v) is 3.70. The van der Waals surface area contributed by atoms with Crippen LogP contribution in [0.3, 0.4) is 0 Å². The normalized spacial score (nSPS) is 20.9. The summed E-state index contributed by atoms with van der Waals surface area (Å²) in [4.78, 5) is 11.0. The molecule has 4 heteroatoms. The van der Waals surface area contributed by atoms with Gasteiger partial charge in [-0.3, -0.25) is 4.79 Å². The van der Waals surface area contributed by atoms with Gasteiger partial charge in [0.05, 0.1) is 5.41 Å². The lowest BCUT2D eigenvalue weighted by molar-refractivity contribution is -0.251. The van der Waals surface area contributed by atoms with Gasteiger partial charge in [0.15, 0.2) is 0 Å². The lowest BCUT2D eigenvalue weighted by atomic mass is 9.65. The number of ketones is 1. The van der Waals surface area contributed by atoms with Crippen molar-refractivity contribution in [1.29, 1.82) is 0 Å². The molecule has 0 aromatic rings. The van der Waals surface area contributed by atoms with E-state index in [1.807, 2.05) is 0 Å². The molecule has 0 aromatic carbocycles. The highest BCUT2D eigenvalue weighted by Crippen LogP contribution is 2.55. The zero-order valence-electron chi connectivity index (χ0n) is 7.58. The van der Waals surface area contributed by atoms with Crippen LogP contribution < -0.4 is 0 Å². The minimum atomic E-state index is -4.20. The molecule has 0 aromatic heterocycles. The van der Waals surface area contributed by atoms with Crippen molar-refractivity contribution in [3.8, 4) is 0 Å². The highest BCUT2D eigenvalue weighted by atomic mass is 19.4. The molecule has 0 unspecified atom stereocenters. The Morgan fingerprint density at radius 2 is 1.92 bits per heavy atom. The van der Waals surface area contributed by atoms with Crippen molar-refractivity contribution in [2.45, 2.75) is 45.2 Å². The van der Waals surface area contributed by atoms with E-state index in [-0.39, 0.29) is 31.5 Å². The molecule has 0 bridgehead atoms. The molecule has 0 saturated heterocycles. The van der Waals surface area contributed by atoms with Crippen molar-refractivity contribution in [1.82, 2.24) is 0 Å². The van der Waals surface area contributed by atoms with E-state index in [9.17, 15) is 18.0 Å². The number of Topliss-reactive ketones (excluding diaryl/α,β-unsaturated/α-hetero) is 1. The van der Waals surface area contributed by atoms with E-state index >= 15 is 0 Å². The quantitative estimate of drug-likeness (QED) is 0.674. The highest BCUT2D eigenvalue weighted by molar-refractivity contribution is 5.79. The van der Waals surface area contributed by atoms with Gasteiger partial charge in [-0.25, -0.2) is 0 Å². The van der Waals surface area contributed by atoms with Gasteiger partial charge in [-0.2, -0.15) is 13.2 Å². The first kappa shape index (κ1) is 10.5. The van der Waals surface area contributed by atoms with Gasteiger partial charge in [-0.1, -0.05) is 13.3 Å². The Morgan fingerprint density at radius 1 is 1.38 bits per heavy atom. The maximum absolute atomic E-state index is 12.5. The van der Waals surface area contributed by atoms with Gasteiger partial charge in [0.2, 0.25) is 0 Å². The number of hydrogen-bond acceptors (Lipinski definition) is 1. The zero-order valence-corrected chi connectivity index (χ0v) is 7.58. The van der Waals surface area contributed by atoms with Crippen LogP contribution in [0.1, 0.15) is 39.0 Å².